The van der Waals surface area contributed by atoms with Crippen LogP contribution < -0.4 is 9.47 Å². The lowest BCUT2D eigenvalue weighted by molar-refractivity contribution is -0.185. The monoisotopic (exact) mass is 458 g/mol. The molecule has 0 saturated heterocycles. The summed E-state index contributed by atoms with van der Waals surface area (Å²) in [5.41, 5.74) is 5.35. The minimum atomic E-state index is -1.90. The van der Waals surface area contributed by atoms with E-state index in [4.69, 9.17) is 14.2 Å². The summed E-state index contributed by atoms with van der Waals surface area (Å²) < 4.78 is 25.1. The Hall–Kier alpha value is -3.75. The Kier molecular flexibility index (Phi) is 4.46. The molecule has 0 amide bonds. The van der Waals surface area contributed by atoms with Gasteiger partial charge in [0.25, 0.3) is 5.79 Å². The fourth-order valence-electron chi connectivity index (χ4n) is 4.25. The van der Waals surface area contributed by atoms with Crippen molar-refractivity contribution in [3.8, 4) is 11.5 Å². The minimum absolute atomic E-state index is 0.129. The third-order valence-corrected chi connectivity index (χ3v) is 6.52. The molecule has 1 aromatic heterocycles. The van der Waals surface area contributed by atoms with E-state index in [0.29, 0.717) is 33.8 Å². The summed E-state index contributed by atoms with van der Waals surface area (Å²) in [4.78, 5) is 13.2. The fraction of sp³-hybridized carbons (Fsp3) is 0.160. The molecule has 0 saturated carbocycles. The molecule has 0 aliphatic carbocycles. The molecule has 3 heterocycles. The number of carbonyl (C=O) groups is 1. The average molecular weight is 458 g/mol. The molecule has 164 valence electrons. The summed E-state index contributed by atoms with van der Waals surface area (Å²) in [6, 6.07) is 18.3. The van der Waals surface area contributed by atoms with Gasteiger partial charge in [-0.2, -0.15) is 8.75 Å². The van der Waals surface area contributed by atoms with E-state index in [2.05, 4.69) is 8.75 Å². The van der Waals surface area contributed by atoms with Crippen molar-refractivity contribution in [2.75, 3.05) is 6.79 Å². The van der Waals surface area contributed by atoms with Gasteiger partial charge < -0.3 is 19.3 Å². The highest BCUT2D eigenvalue weighted by Crippen LogP contribution is 2.46. The van der Waals surface area contributed by atoms with Gasteiger partial charge in [0.05, 0.1) is 17.3 Å². The Morgan fingerprint density at radius 1 is 0.970 bits per heavy atom. The first-order valence-electron chi connectivity index (χ1n) is 10.4. The van der Waals surface area contributed by atoms with Crippen LogP contribution in [0.1, 0.15) is 22.3 Å². The summed E-state index contributed by atoms with van der Waals surface area (Å²) in [5.74, 6) is -1.33. The van der Waals surface area contributed by atoms with Gasteiger partial charge in [0.15, 0.2) is 11.5 Å². The molecule has 1 atom stereocenters. The van der Waals surface area contributed by atoms with Crippen LogP contribution in [0.2, 0.25) is 0 Å². The Morgan fingerprint density at radius 2 is 1.76 bits per heavy atom. The van der Waals surface area contributed by atoms with Crippen molar-refractivity contribution in [3.05, 3.63) is 88.5 Å². The zero-order chi connectivity index (χ0) is 22.6. The van der Waals surface area contributed by atoms with Crippen LogP contribution in [0.3, 0.4) is 0 Å². The first kappa shape index (κ1) is 19.9. The van der Waals surface area contributed by atoms with Gasteiger partial charge in [-0.05, 0) is 42.3 Å². The first-order valence-corrected chi connectivity index (χ1v) is 11.1. The molecule has 33 heavy (non-hydrogen) atoms. The maximum absolute atomic E-state index is 13.2. The van der Waals surface area contributed by atoms with Gasteiger partial charge >= 0.3 is 5.97 Å². The topological polar surface area (TPSA) is 90.8 Å². The van der Waals surface area contributed by atoms with E-state index >= 15 is 0 Å². The largest absolute Gasteiger partial charge is 0.454 e. The third kappa shape index (κ3) is 3.26. The summed E-state index contributed by atoms with van der Waals surface area (Å²) in [6.07, 6.45) is 0.285. The van der Waals surface area contributed by atoms with Crippen LogP contribution in [0.25, 0.3) is 16.6 Å². The van der Waals surface area contributed by atoms with Crippen LogP contribution in [0, 0.1) is 6.92 Å². The zero-order valence-corrected chi connectivity index (χ0v) is 18.4. The second kappa shape index (κ2) is 7.40. The predicted octanol–water partition coefficient (Wildman–Crippen LogP) is 4.13. The Balaban J connectivity index is 1.53. The Bertz CT molecular complexity index is 1440. The van der Waals surface area contributed by atoms with Crippen LogP contribution in [-0.2, 0) is 21.7 Å². The summed E-state index contributed by atoms with van der Waals surface area (Å²) >= 11 is 1.15. The number of carbonyl (C=O) groups excluding carboxylic acids is 1. The molecule has 0 radical (unpaired) electrons. The standard InChI is InChI=1S/C25H18N2O5S/c1-14-2-6-17(7-3-14)25(29)18(10-15-4-8-19-20(11-15)27-33-26-19)23(24(28)32-25)16-5-9-21-22(12-16)31-13-30-21/h2-9,11-12,29H,10,13H2,1H3. The second-order valence-electron chi connectivity index (χ2n) is 8.09. The number of hydrogen-bond acceptors (Lipinski definition) is 8. The van der Waals surface area contributed by atoms with E-state index in [1.54, 1.807) is 30.3 Å². The van der Waals surface area contributed by atoms with Crippen LogP contribution in [0.4, 0.5) is 0 Å². The van der Waals surface area contributed by atoms with Crippen molar-refractivity contribution < 1.29 is 24.1 Å². The van der Waals surface area contributed by atoms with Gasteiger partial charge in [-0.25, -0.2) is 4.79 Å². The molecule has 1 N–H and O–H groups in total. The van der Waals surface area contributed by atoms with E-state index < -0.39 is 11.8 Å². The van der Waals surface area contributed by atoms with Gasteiger partial charge in [-0.3, -0.25) is 0 Å². The van der Waals surface area contributed by atoms with Crippen molar-refractivity contribution in [1.29, 1.82) is 0 Å². The normalized spacial score (nSPS) is 19.4. The maximum Gasteiger partial charge on any atom is 0.342 e. The quantitative estimate of drug-likeness (QED) is 0.460. The van der Waals surface area contributed by atoms with Gasteiger partial charge in [0, 0.05) is 17.6 Å². The number of fused-ring (bicyclic) bond motifs is 2. The van der Waals surface area contributed by atoms with Gasteiger partial charge in [0.2, 0.25) is 6.79 Å². The molecule has 0 fully saturated rings. The Labute approximate surface area is 193 Å². The van der Waals surface area contributed by atoms with E-state index in [9.17, 15) is 9.90 Å². The number of esters is 1. The fourth-order valence-corrected chi connectivity index (χ4v) is 4.76. The van der Waals surface area contributed by atoms with Gasteiger partial charge in [0.1, 0.15) is 11.0 Å². The number of aryl methyl sites for hydroxylation is 1. The molecule has 4 aromatic rings. The van der Waals surface area contributed by atoms with Crippen molar-refractivity contribution in [3.63, 3.8) is 0 Å². The smallest absolute Gasteiger partial charge is 0.342 e. The summed E-state index contributed by atoms with van der Waals surface area (Å²) in [6.45, 7) is 2.09. The molecular formula is C25H18N2O5S. The first-order chi connectivity index (χ1) is 16.0. The number of nitrogens with zero attached hydrogens (tertiary/aromatic N) is 2. The Morgan fingerprint density at radius 3 is 2.61 bits per heavy atom. The highest BCUT2D eigenvalue weighted by atomic mass is 32.1. The number of hydrogen-bond donors (Lipinski definition) is 1. The number of aliphatic hydroxyl groups is 1. The predicted molar refractivity (Wildman–Crippen MR) is 122 cm³/mol. The van der Waals surface area contributed by atoms with E-state index in [-0.39, 0.29) is 13.2 Å². The highest BCUT2D eigenvalue weighted by molar-refractivity contribution is 7.00. The maximum atomic E-state index is 13.2. The second-order valence-corrected chi connectivity index (χ2v) is 8.61. The van der Waals surface area contributed by atoms with Crippen molar-refractivity contribution in [2.45, 2.75) is 19.1 Å². The molecule has 0 spiro atoms. The molecule has 6 rings (SSSR count). The zero-order valence-electron chi connectivity index (χ0n) is 17.6. The SMILES string of the molecule is Cc1ccc(C2(O)OC(=O)C(c3ccc4c(c3)OCO4)=C2Cc2ccc3nsnc3c2)cc1. The number of rotatable bonds is 4. The highest BCUT2D eigenvalue weighted by Gasteiger charge is 2.48. The molecule has 0 bridgehead atoms. The lowest BCUT2D eigenvalue weighted by Gasteiger charge is -2.26. The lowest BCUT2D eigenvalue weighted by atomic mass is 9.87. The molecule has 8 heteroatoms. The lowest BCUT2D eigenvalue weighted by Crippen LogP contribution is -2.29. The van der Waals surface area contributed by atoms with Crippen LogP contribution in [0.5, 0.6) is 11.5 Å². The van der Waals surface area contributed by atoms with Crippen LogP contribution in [0.15, 0.2) is 66.2 Å². The number of ether oxygens (including phenoxy) is 3. The van der Waals surface area contributed by atoms with Gasteiger partial charge in [-0.15, -0.1) is 0 Å². The summed E-state index contributed by atoms with van der Waals surface area (Å²) in [7, 11) is 0. The number of aromatic nitrogens is 2. The molecule has 7 nitrogen and oxygen atoms in total. The van der Waals surface area contributed by atoms with Crippen molar-refractivity contribution >= 4 is 34.3 Å². The molecular weight excluding hydrogens is 440 g/mol. The summed E-state index contributed by atoms with van der Waals surface area (Å²) in [5, 5.41) is 11.8. The molecule has 2 aliphatic rings. The van der Waals surface area contributed by atoms with E-state index in [1.807, 2.05) is 37.3 Å². The van der Waals surface area contributed by atoms with Crippen molar-refractivity contribution in [2.24, 2.45) is 0 Å². The minimum Gasteiger partial charge on any atom is -0.454 e. The van der Waals surface area contributed by atoms with Crippen LogP contribution in [-0.4, -0.2) is 26.6 Å². The van der Waals surface area contributed by atoms with Crippen molar-refractivity contribution in [1.82, 2.24) is 8.75 Å². The van der Waals surface area contributed by atoms with E-state index in [1.165, 1.54) is 0 Å². The third-order valence-electron chi connectivity index (χ3n) is 5.96. The number of benzene rings is 3. The van der Waals surface area contributed by atoms with Gasteiger partial charge in [-0.1, -0.05) is 42.0 Å². The van der Waals surface area contributed by atoms with E-state index in [0.717, 1.165) is 33.9 Å². The number of cyclic esters (lactones) is 1. The average Bonchev–Trinajstić information content (AvgIpc) is 3.52. The molecule has 2 aliphatic heterocycles. The van der Waals surface area contributed by atoms with Crippen LogP contribution >= 0.6 is 11.7 Å². The molecule has 1 unspecified atom stereocenters. The molecule has 3 aromatic carbocycles.